The van der Waals surface area contributed by atoms with Gasteiger partial charge in [-0.25, -0.2) is 0 Å². The highest BCUT2D eigenvalue weighted by atomic mass is 79.9. The second kappa shape index (κ2) is 7.01. The van der Waals surface area contributed by atoms with Gasteiger partial charge < -0.3 is 10.1 Å². The van der Waals surface area contributed by atoms with Gasteiger partial charge in [0.1, 0.15) is 0 Å². The second-order valence-corrected chi connectivity index (χ2v) is 7.57. The van der Waals surface area contributed by atoms with Crippen LogP contribution in [0.2, 0.25) is 0 Å². The predicted molar refractivity (Wildman–Crippen MR) is 103 cm³/mol. The largest absolute Gasteiger partial charge is 0.448 e. The first-order chi connectivity index (χ1) is 12.2. The Bertz CT molecular complexity index is 904. The Morgan fingerprint density at radius 1 is 1.12 bits per heavy atom. The molecule has 0 bridgehead atoms. The lowest BCUT2D eigenvalue weighted by molar-refractivity contribution is 0.225. The summed E-state index contributed by atoms with van der Waals surface area (Å²) >= 11 is 5.01. The van der Waals surface area contributed by atoms with Gasteiger partial charge in [0.15, 0.2) is 11.9 Å². The predicted octanol–water partition coefficient (Wildman–Crippen LogP) is 4.92. The van der Waals surface area contributed by atoms with E-state index < -0.39 is 0 Å². The topological polar surface area (TPSA) is 59.9 Å². The third kappa shape index (κ3) is 3.34. The van der Waals surface area contributed by atoms with E-state index in [-0.39, 0.29) is 6.23 Å². The molecule has 0 saturated heterocycles. The van der Waals surface area contributed by atoms with Gasteiger partial charge in [0.05, 0.1) is 0 Å². The normalized spacial score (nSPS) is 15.4. The van der Waals surface area contributed by atoms with E-state index in [1.54, 1.807) is 11.8 Å². The van der Waals surface area contributed by atoms with Gasteiger partial charge in [0, 0.05) is 21.3 Å². The number of ether oxygens (including phenoxy) is 1. The maximum atomic E-state index is 6.20. The maximum absolute atomic E-state index is 6.20. The molecule has 0 fully saturated rings. The number of anilines is 1. The summed E-state index contributed by atoms with van der Waals surface area (Å²) < 4.78 is 7.22. The molecule has 1 atom stereocenters. The number of aromatic nitrogens is 3. The van der Waals surface area contributed by atoms with Crippen molar-refractivity contribution in [2.75, 3.05) is 11.1 Å². The summed E-state index contributed by atoms with van der Waals surface area (Å²) in [6.07, 6.45) is -0.355. The molecule has 0 unspecified atom stereocenters. The van der Waals surface area contributed by atoms with E-state index in [2.05, 4.69) is 43.4 Å². The fourth-order valence-corrected chi connectivity index (χ4v) is 3.39. The number of rotatable bonds is 3. The first-order valence-electron chi connectivity index (χ1n) is 7.90. The lowest BCUT2D eigenvalue weighted by Gasteiger charge is -2.19. The molecule has 2 heterocycles. The Hall–Kier alpha value is -2.12. The summed E-state index contributed by atoms with van der Waals surface area (Å²) in [7, 11) is 0. The average Bonchev–Trinajstić information content (AvgIpc) is 2.79. The van der Waals surface area contributed by atoms with E-state index >= 15 is 0 Å². The number of hydrogen-bond acceptors (Lipinski definition) is 6. The first kappa shape index (κ1) is 16.4. The highest BCUT2D eigenvalue weighted by Gasteiger charge is 2.25. The molecule has 1 aliphatic rings. The minimum Gasteiger partial charge on any atom is -0.448 e. The summed E-state index contributed by atoms with van der Waals surface area (Å²) in [4.78, 5) is 4.57. The molecule has 0 amide bonds. The third-order valence-electron chi connectivity index (χ3n) is 3.78. The molecule has 5 nitrogen and oxygen atoms in total. The molecule has 126 valence electrons. The third-order valence-corrected chi connectivity index (χ3v) is 5.03. The maximum Gasteiger partial charge on any atom is 0.247 e. The van der Waals surface area contributed by atoms with Gasteiger partial charge in [-0.05, 0) is 24.0 Å². The second-order valence-electron chi connectivity index (χ2n) is 5.42. The smallest absolute Gasteiger partial charge is 0.247 e. The summed E-state index contributed by atoms with van der Waals surface area (Å²) in [5.74, 6) is 1.38. The van der Waals surface area contributed by atoms with Gasteiger partial charge in [-0.15, -0.1) is 10.2 Å². The monoisotopic (exact) mass is 414 g/mol. The Morgan fingerprint density at radius 2 is 1.92 bits per heavy atom. The molecule has 2 aromatic carbocycles. The van der Waals surface area contributed by atoms with Crippen molar-refractivity contribution in [3.63, 3.8) is 0 Å². The van der Waals surface area contributed by atoms with Crippen LogP contribution < -0.4 is 10.1 Å². The lowest BCUT2D eigenvalue weighted by Crippen LogP contribution is -2.17. The summed E-state index contributed by atoms with van der Waals surface area (Å²) in [6, 6.07) is 16.0. The Morgan fingerprint density at radius 3 is 2.72 bits per heavy atom. The zero-order chi connectivity index (χ0) is 17.2. The minimum absolute atomic E-state index is 0.355. The van der Waals surface area contributed by atoms with Crippen LogP contribution in [0.4, 0.5) is 5.69 Å². The van der Waals surface area contributed by atoms with Gasteiger partial charge in [-0.3, -0.25) is 0 Å². The molecule has 3 aromatic rings. The van der Waals surface area contributed by atoms with Crippen molar-refractivity contribution < 1.29 is 4.74 Å². The van der Waals surface area contributed by atoms with Gasteiger partial charge in [0.2, 0.25) is 11.0 Å². The van der Waals surface area contributed by atoms with Crippen LogP contribution in [0.5, 0.6) is 5.88 Å². The van der Waals surface area contributed by atoms with Crippen molar-refractivity contribution >= 4 is 33.4 Å². The number of para-hydroxylation sites is 1. The van der Waals surface area contributed by atoms with Crippen molar-refractivity contribution in [3.05, 3.63) is 58.6 Å². The van der Waals surface area contributed by atoms with Crippen LogP contribution in [-0.4, -0.2) is 20.9 Å². The highest BCUT2D eigenvalue weighted by Crippen LogP contribution is 2.39. The zero-order valence-electron chi connectivity index (χ0n) is 13.4. The number of nitrogens with zero attached hydrogens (tertiary/aromatic N) is 3. The number of halogens is 1. The average molecular weight is 415 g/mol. The van der Waals surface area contributed by atoms with E-state index in [0.29, 0.717) is 16.7 Å². The van der Waals surface area contributed by atoms with Crippen molar-refractivity contribution in [2.24, 2.45) is 0 Å². The molecule has 1 aliphatic heterocycles. The molecule has 0 aliphatic carbocycles. The van der Waals surface area contributed by atoms with E-state index in [1.165, 1.54) is 0 Å². The van der Waals surface area contributed by atoms with E-state index in [9.17, 15) is 0 Å². The number of nitrogens with one attached hydrogen (secondary N) is 1. The molecule has 0 radical (unpaired) electrons. The van der Waals surface area contributed by atoms with Gasteiger partial charge in [-0.2, -0.15) is 4.98 Å². The van der Waals surface area contributed by atoms with E-state index in [1.807, 2.05) is 48.5 Å². The number of thioether (sulfide) groups is 1. The van der Waals surface area contributed by atoms with Crippen molar-refractivity contribution in [1.29, 1.82) is 0 Å². The van der Waals surface area contributed by atoms with E-state index in [4.69, 9.17) is 4.74 Å². The summed E-state index contributed by atoms with van der Waals surface area (Å²) in [6.45, 7) is 2.06. The minimum atomic E-state index is -0.355. The van der Waals surface area contributed by atoms with E-state index in [0.717, 1.165) is 27.0 Å². The van der Waals surface area contributed by atoms with Crippen LogP contribution in [0.15, 0.2) is 58.2 Å². The first-order valence-corrected chi connectivity index (χ1v) is 9.68. The fraction of sp³-hybridized carbons (Fsp3) is 0.167. The molecule has 1 aromatic heterocycles. The Kier molecular flexibility index (Phi) is 4.59. The molecule has 25 heavy (non-hydrogen) atoms. The molecular formula is C18H15BrN4OS. The molecule has 0 saturated carbocycles. The van der Waals surface area contributed by atoms with Crippen molar-refractivity contribution in [1.82, 2.24) is 15.2 Å². The SMILES string of the molecule is CCSc1nnc2c(n1)O[C@H](c1ccc(Br)cc1)Nc1ccccc1-2. The standard InChI is InChI=1S/C18H15BrN4OS/c1-2-25-18-21-17-15(22-23-18)13-5-3-4-6-14(13)20-16(24-17)11-7-9-12(19)10-8-11/h3-10,16,20H,2H2,1H3/t16-/m1/s1. The van der Waals surface area contributed by atoms with Gasteiger partial charge >= 0.3 is 0 Å². The Labute approximate surface area is 158 Å². The molecule has 1 N–H and O–H groups in total. The van der Waals surface area contributed by atoms with Gasteiger partial charge in [-0.1, -0.05) is 64.9 Å². The lowest BCUT2D eigenvalue weighted by atomic mass is 10.1. The van der Waals surface area contributed by atoms with Crippen LogP contribution >= 0.6 is 27.7 Å². The van der Waals surface area contributed by atoms with Crippen molar-refractivity contribution in [3.8, 4) is 17.1 Å². The Balaban J connectivity index is 1.82. The summed E-state index contributed by atoms with van der Waals surface area (Å²) in [5.41, 5.74) is 3.55. The number of hydrogen-bond donors (Lipinski definition) is 1. The van der Waals surface area contributed by atoms with Crippen LogP contribution in [0, 0.1) is 0 Å². The van der Waals surface area contributed by atoms with Crippen LogP contribution in [0.25, 0.3) is 11.3 Å². The molecule has 4 rings (SSSR count). The van der Waals surface area contributed by atoms with Gasteiger partial charge in [0.25, 0.3) is 0 Å². The summed E-state index contributed by atoms with van der Waals surface area (Å²) in [5, 5.41) is 12.7. The molecule has 7 heteroatoms. The zero-order valence-corrected chi connectivity index (χ0v) is 15.8. The van der Waals surface area contributed by atoms with Crippen molar-refractivity contribution in [2.45, 2.75) is 18.3 Å². The molecule has 0 spiro atoms. The van der Waals surface area contributed by atoms with Crippen LogP contribution in [0.1, 0.15) is 18.7 Å². The number of benzene rings is 2. The fourth-order valence-electron chi connectivity index (χ4n) is 2.63. The quantitative estimate of drug-likeness (QED) is 0.613. The van der Waals surface area contributed by atoms with Crippen LogP contribution in [0.3, 0.4) is 0 Å². The number of fused-ring (bicyclic) bond motifs is 3. The highest BCUT2D eigenvalue weighted by molar-refractivity contribution is 9.10. The van der Waals surface area contributed by atoms with Crippen LogP contribution in [-0.2, 0) is 0 Å². The molecular weight excluding hydrogens is 400 g/mol.